The molecule has 3 amide bonds. The fourth-order valence-electron chi connectivity index (χ4n) is 3.22. The van der Waals surface area contributed by atoms with Crippen LogP contribution in [0.15, 0.2) is 41.3 Å². The second kappa shape index (κ2) is 12.5. The summed E-state index contributed by atoms with van der Waals surface area (Å²) in [6, 6.07) is 9.41. The average molecular weight is 533 g/mol. The Hall–Kier alpha value is -3.50. The van der Waals surface area contributed by atoms with Gasteiger partial charge in [0.05, 0.1) is 36.3 Å². The number of rotatable bonds is 10. The molecule has 0 radical (unpaired) electrons. The van der Waals surface area contributed by atoms with Crippen molar-refractivity contribution in [2.24, 2.45) is 0 Å². The predicted molar refractivity (Wildman–Crippen MR) is 137 cm³/mol. The van der Waals surface area contributed by atoms with Crippen molar-refractivity contribution in [2.45, 2.75) is 19.8 Å². The van der Waals surface area contributed by atoms with E-state index in [1.54, 1.807) is 18.2 Å². The van der Waals surface area contributed by atoms with E-state index in [2.05, 4.69) is 5.32 Å². The molecule has 0 bridgehead atoms. The van der Waals surface area contributed by atoms with Crippen molar-refractivity contribution in [2.75, 3.05) is 32.7 Å². The van der Waals surface area contributed by atoms with Gasteiger partial charge in [-0.25, -0.2) is 4.79 Å². The lowest BCUT2D eigenvalue weighted by atomic mass is 10.1. The summed E-state index contributed by atoms with van der Waals surface area (Å²) in [4.78, 5) is 51.2. The van der Waals surface area contributed by atoms with E-state index in [4.69, 9.17) is 25.8 Å². The molecule has 1 aliphatic heterocycles. The molecule has 3 rings (SSSR count). The number of benzene rings is 2. The molecule has 1 N–H and O–H groups in total. The number of ether oxygens (including phenoxy) is 3. The van der Waals surface area contributed by atoms with Crippen LogP contribution in [0.25, 0.3) is 6.08 Å². The normalized spacial score (nSPS) is 14.2. The summed E-state index contributed by atoms with van der Waals surface area (Å²) in [5, 5.41) is 2.18. The van der Waals surface area contributed by atoms with Crippen LogP contribution in [0.4, 0.5) is 10.5 Å². The second-order valence-electron chi connectivity index (χ2n) is 7.61. The number of anilines is 1. The van der Waals surface area contributed by atoms with Crippen LogP contribution in [0.3, 0.4) is 0 Å². The Balaban J connectivity index is 1.70. The fraction of sp³-hybridized carbons (Fsp3) is 0.280. The van der Waals surface area contributed by atoms with E-state index in [-0.39, 0.29) is 27.8 Å². The largest absolute Gasteiger partial charge is 0.497 e. The van der Waals surface area contributed by atoms with Gasteiger partial charge in [-0.1, -0.05) is 24.9 Å². The minimum absolute atomic E-state index is 0.104. The highest BCUT2D eigenvalue weighted by molar-refractivity contribution is 8.18. The number of halogens is 1. The highest BCUT2D eigenvalue weighted by atomic mass is 35.5. The van der Waals surface area contributed by atoms with Gasteiger partial charge in [0.25, 0.3) is 11.1 Å². The Bertz CT molecular complexity index is 1210. The van der Waals surface area contributed by atoms with E-state index in [1.807, 2.05) is 6.92 Å². The molecule has 11 heteroatoms. The number of carbonyl (C=O) groups excluding carboxylic acids is 4. The highest BCUT2D eigenvalue weighted by Crippen LogP contribution is 2.35. The third-order valence-corrected chi connectivity index (χ3v) is 6.34. The van der Waals surface area contributed by atoms with Crippen LogP contribution < -0.4 is 14.8 Å². The van der Waals surface area contributed by atoms with Crippen molar-refractivity contribution in [1.29, 1.82) is 0 Å². The van der Waals surface area contributed by atoms with Crippen LogP contribution in [0, 0.1) is 0 Å². The Morgan fingerprint density at radius 3 is 2.58 bits per heavy atom. The van der Waals surface area contributed by atoms with Crippen LogP contribution in [0.1, 0.15) is 35.7 Å². The van der Waals surface area contributed by atoms with E-state index >= 15 is 0 Å². The Labute approximate surface area is 217 Å². The topological polar surface area (TPSA) is 111 Å². The average Bonchev–Trinajstić information content (AvgIpc) is 3.12. The van der Waals surface area contributed by atoms with Gasteiger partial charge in [-0.15, -0.1) is 0 Å². The van der Waals surface area contributed by atoms with Crippen molar-refractivity contribution in [3.8, 4) is 11.5 Å². The van der Waals surface area contributed by atoms with Crippen molar-refractivity contribution < 1.29 is 33.4 Å². The SMILES string of the molecule is CCCCOC(=O)c1cc(NC(=O)CN2C(=O)S/C(=C/c3cc(OC)ccc3OC)C2=O)ccc1Cl. The predicted octanol–water partition coefficient (Wildman–Crippen LogP) is 4.99. The number of methoxy groups -OCH3 is 2. The van der Waals surface area contributed by atoms with E-state index in [0.717, 1.165) is 29.5 Å². The Kier molecular flexibility index (Phi) is 9.38. The molecular weight excluding hydrogens is 508 g/mol. The van der Waals surface area contributed by atoms with Gasteiger partial charge in [0.1, 0.15) is 18.0 Å². The molecule has 1 fully saturated rings. The summed E-state index contributed by atoms with van der Waals surface area (Å²) in [7, 11) is 3.00. The Morgan fingerprint density at radius 1 is 1.11 bits per heavy atom. The summed E-state index contributed by atoms with van der Waals surface area (Å²) >= 11 is 6.82. The molecule has 1 saturated heterocycles. The number of imide groups is 1. The number of esters is 1. The van der Waals surface area contributed by atoms with Gasteiger partial charge in [0.15, 0.2) is 0 Å². The minimum Gasteiger partial charge on any atom is -0.497 e. The molecule has 0 spiro atoms. The quantitative estimate of drug-likeness (QED) is 0.259. The number of nitrogens with one attached hydrogen (secondary N) is 1. The van der Waals surface area contributed by atoms with Crippen LogP contribution in [-0.4, -0.2) is 55.3 Å². The van der Waals surface area contributed by atoms with Gasteiger partial charge < -0.3 is 19.5 Å². The third kappa shape index (κ3) is 6.58. The molecule has 2 aromatic rings. The summed E-state index contributed by atoms with van der Waals surface area (Å²) in [5.74, 6) is -0.788. The molecular formula is C25H25ClN2O7S. The van der Waals surface area contributed by atoms with Gasteiger partial charge in [0.2, 0.25) is 5.91 Å². The zero-order valence-corrected chi connectivity index (χ0v) is 21.5. The van der Waals surface area contributed by atoms with Gasteiger partial charge in [0, 0.05) is 11.3 Å². The summed E-state index contributed by atoms with van der Waals surface area (Å²) in [6.45, 7) is 1.73. The molecule has 1 heterocycles. The molecule has 190 valence electrons. The molecule has 0 saturated carbocycles. The first-order valence-corrected chi connectivity index (χ1v) is 12.2. The lowest BCUT2D eigenvalue weighted by molar-refractivity contribution is -0.127. The molecule has 0 aromatic heterocycles. The van der Waals surface area contributed by atoms with Crippen molar-refractivity contribution in [3.05, 3.63) is 57.5 Å². The highest BCUT2D eigenvalue weighted by Gasteiger charge is 2.36. The smallest absolute Gasteiger partial charge is 0.339 e. The molecule has 36 heavy (non-hydrogen) atoms. The zero-order chi connectivity index (χ0) is 26.2. The van der Waals surface area contributed by atoms with Crippen LogP contribution in [-0.2, 0) is 14.3 Å². The molecule has 0 atom stereocenters. The summed E-state index contributed by atoms with van der Waals surface area (Å²) < 4.78 is 15.7. The molecule has 0 aliphatic carbocycles. The number of amides is 3. The zero-order valence-electron chi connectivity index (χ0n) is 20.0. The first kappa shape index (κ1) is 27.1. The maximum atomic E-state index is 12.9. The van der Waals surface area contributed by atoms with Crippen molar-refractivity contribution in [3.63, 3.8) is 0 Å². The van der Waals surface area contributed by atoms with Crippen LogP contribution in [0.2, 0.25) is 5.02 Å². The van der Waals surface area contributed by atoms with E-state index in [0.29, 0.717) is 17.1 Å². The maximum Gasteiger partial charge on any atom is 0.339 e. The fourth-order valence-corrected chi connectivity index (χ4v) is 4.24. The molecule has 1 aliphatic rings. The van der Waals surface area contributed by atoms with Gasteiger partial charge >= 0.3 is 5.97 Å². The van der Waals surface area contributed by atoms with Crippen LogP contribution >= 0.6 is 23.4 Å². The van der Waals surface area contributed by atoms with Gasteiger partial charge in [-0.05, 0) is 60.7 Å². The van der Waals surface area contributed by atoms with E-state index in [9.17, 15) is 19.2 Å². The standard InChI is InChI=1S/C25H25ClN2O7S/c1-4-5-10-35-24(31)18-13-16(6-8-19(18)26)27-22(29)14-28-23(30)21(36-25(28)32)12-15-11-17(33-2)7-9-20(15)34-3/h6-9,11-13H,4-5,10,14H2,1-3H3,(H,27,29)/b21-12+. The lowest BCUT2D eigenvalue weighted by Gasteiger charge is -2.13. The number of thioether (sulfide) groups is 1. The lowest BCUT2D eigenvalue weighted by Crippen LogP contribution is -2.36. The van der Waals surface area contributed by atoms with Gasteiger partial charge in [-0.3, -0.25) is 19.3 Å². The third-order valence-electron chi connectivity index (χ3n) is 5.10. The number of carbonyl (C=O) groups is 4. The van der Waals surface area contributed by atoms with Crippen molar-refractivity contribution in [1.82, 2.24) is 4.90 Å². The number of hydrogen-bond donors (Lipinski definition) is 1. The van der Waals surface area contributed by atoms with Crippen LogP contribution in [0.5, 0.6) is 11.5 Å². The minimum atomic E-state index is -0.620. The maximum absolute atomic E-state index is 12.9. The number of hydrogen-bond acceptors (Lipinski definition) is 8. The summed E-state index contributed by atoms with van der Waals surface area (Å²) in [5.41, 5.74) is 0.925. The monoisotopic (exact) mass is 532 g/mol. The molecule has 9 nitrogen and oxygen atoms in total. The first-order valence-electron chi connectivity index (χ1n) is 11.0. The van der Waals surface area contributed by atoms with Crippen molar-refractivity contribution >= 4 is 58.1 Å². The first-order chi connectivity index (χ1) is 17.3. The molecule has 2 aromatic carbocycles. The summed E-state index contributed by atoms with van der Waals surface area (Å²) in [6.07, 6.45) is 3.10. The Morgan fingerprint density at radius 2 is 1.89 bits per heavy atom. The van der Waals surface area contributed by atoms with E-state index in [1.165, 1.54) is 38.5 Å². The van der Waals surface area contributed by atoms with E-state index < -0.39 is 29.6 Å². The number of unbranched alkanes of at least 4 members (excludes halogenated alkanes) is 1. The second-order valence-corrected chi connectivity index (χ2v) is 9.01. The number of nitrogens with zero attached hydrogens (tertiary/aromatic N) is 1. The van der Waals surface area contributed by atoms with Gasteiger partial charge in [-0.2, -0.15) is 0 Å². The molecule has 0 unspecified atom stereocenters.